The van der Waals surface area contributed by atoms with E-state index in [0.717, 1.165) is 26.7 Å². The van der Waals surface area contributed by atoms with Crippen LogP contribution < -0.4 is 4.74 Å². The van der Waals surface area contributed by atoms with E-state index >= 15 is 26.3 Å². The molecule has 6 aromatic rings. The molecule has 4 heterocycles. The summed E-state index contributed by atoms with van der Waals surface area (Å²) < 4.78 is 129. The highest BCUT2D eigenvalue weighted by atomic mass is 32.1. The summed E-state index contributed by atoms with van der Waals surface area (Å²) in [6.45, 7) is 19.8. The van der Waals surface area contributed by atoms with E-state index in [1.165, 1.54) is 40.9 Å². The smallest absolute Gasteiger partial charge is 0.380 e. The van der Waals surface area contributed by atoms with Crippen molar-refractivity contribution in [2.75, 3.05) is 46.8 Å². The monoisotopic (exact) mass is 944 g/mol. The van der Waals surface area contributed by atoms with Gasteiger partial charge in [-0.3, -0.25) is 0 Å². The highest BCUT2D eigenvalue weighted by molar-refractivity contribution is 7.26. The van der Waals surface area contributed by atoms with Crippen LogP contribution in [0.3, 0.4) is 0 Å². The Bertz CT molecular complexity index is 2630. The lowest BCUT2D eigenvalue weighted by Gasteiger charge is -2.26. The Morgan fingerprint density at radius 3 is 1.70 bits per heavy atom. The standard InChI is InChI=1S/C50H54F6O5S3/c1-45(2,3)30-13-11-29(12-14-30)43-40(32-27-31(15-16-34(32)61-43)60-26-25-59-24-23-58-22-21-57-10)42-41(48(51,52)50(55,56)49(42,53)54)33-28-37(35-17-19-38(62-35)46(4,5)6)64-44(33)36-18-20-39(63-36)47(7,8)9/h11-20,27-28H,21-26H2,1-10H3. The van der Waals surface area contributed by atoms with Gasteiger partial charge in [0.15, 0.2) is 0 Å². The van der Waals surface area contributed by atoms with Gasteiger partial charge in [0.25, 0.3) is 0 Å². The SMILES string of the molecule is COCCOCCOCCOc1ccc2oc(-c3ccc(C(C)(C)C)cc3)c(C3=C(c4cc(-c5ccc(C(C)(C)C)s5)sc4-c4ccc(C(C)(C)C)s4)C(F)(F)C(F)(F)C3(F)F)c2c1. The third kappa shape index (κ3) is 9.12. The van der Waals surface area contributed by atoms with Gasteiger partial charge in [-0.15, -0.1) is 34.0 Å². The molecule has 64 heavy (non-hydrogen) atoms. The molecule has 0 atom stereocenters. The van der Waals surface area contributed by atoms with E-state index in [0.29, 0.717) is 34.5 Å². The van der Waals surface area contributed by atoms with Crippen LogP contribution in [0.4, 0.5) is 26.3 Å². The lowest BCUT2D eigenvalue weighted by atomic mass is 9.86. The van der Waals surface area contributed by atoms with Crippen molar-refractivity contribution in [2.45, 2.75) is 96.3 Å². The van der Waals surface area contributed by atoms with Crippen LogP contribution in [0, 0.1) is 0 Å². The zero-order valence-electron chi connectivity index (χ0n) is 37.7. The van der Waals surface area contributed by atoms with Crippen LogP contribution in [-0.2, 0) is 30.5 Å². The summed E-state index contributed by atoms with van der Waals surface area (Å²) >= 11 is 3.89. The number of thiophene rings is 3. The molecular weight excluding hydrogens is 891 g/mol. The molecule has 4 aromatic heterocycles. The zero-order valence-corrected chi connectivity index (χ0v) is 40.2. The molecule has 0 unspecified atom stereocenters. The van der Waals surface area contributed by atoms with Crippen molar-refractivity contribution in [2.24, 2.45) is 0 Å². The van der Waals surface area contributed by atoms with Crippen molar-refractivity contribution in [3.05, 3.63) is 99.2 Å². The molecule has 0 bridgehead atoms. The topological polar surface area (TPSA) is 50.1 Å². The largest absolute Gasteiger partial charge is 0.491 e. The molecule has 7 rings (SSSR count). The van der Waals surface area contributed by atoms with Gasteiger partial charge >= 0.3 is 17.8 Å². The molecule has 0 saturated heterocycles. The van der Waals surface area contributed by atoms with E-state index in [9.17, 15) is 0 Å². The van der Waals surface area contributed by atoms with Gasteiger partial charge in [0.2, 0.25) is 0 Å². The minimum atomic E-state index is -5.83. The van der Waals surface area contributed by atoms with Gasteiger partial charge in [-0.2, -0.15) is 26.3 Å². The molecule has 0 radical (unpaired) electrons. The van der Waals surface area contributed by atoms with Gasteiger partial charge in [0.05, 0.1) is 37.9 Å². The summed E-state index contributed by atoms with van der Waals surface area (Å²) in [5.41, 5.74) is -3.57. The lowest BCUT2D eigenvalue weighted by Crippen LogP contribution is -2.48. The van der Waals surface area contributed by atoms with Crippen molar-refractivity contribution in [1.29, 1.82) is 0 Å². The second kappa shape index (κ2) is 17.7. The molecule has 0 N–H and O–H groups in total. The number of benzene rings is 2. The second-order valence-corrected chi connectivity index (χ2v) is 22.2. The van der Waals surface area contributed by atoms with E-state index in [2.05, 4.69) is 0 Å². The zero-order chi connectivity index (χ0) is 46.6. The summed E-state index contributed by atoms with van der Waals surface area (Å²) in [6.07, 6.45) is 0. The Balaban J connectivity index is 1.47. The molecule has 344 valence electrons. The molecule has 0 amide bonds. The first-order valence-corrected chi connectivity index (χ1v) is 23.5. The molecular formula is C50H54F6O5S3. The minimum absolute atomic E-state index is 0.0236. The van der Waals surface area contributed by atoms with Crippen molar-refractivity contribution in [3.8, 4) is 36.6 Å². The fourth-order valence-electron chi connectivity index (χ4n) is 7.45. The first kappa shape index (κ1) is 48.0. The van der Waals surface area contributed by atoms with E-state index in [4.69, 9.17) is 23.4 Å². The van der Waals surface area contributed by atoms with Gasteiger partial charge in [-0.25, -0.2) is 0 Å². The van der Waals surface area contributed by atoms with E-state index in [1.807, 2.05) is 80.5 Å². The number of rotatable bonds is 15. The number of halogens is 6. The number of hydrogen-bond donors (Lipinski definition) is 0. The van der Waals surface area contributed by atoms with Crippen molar-refractivity contribution < 1.29 is 49.7 Å². The molecule has 0 fully saturated rings. The van der Waals surface area contributed by atoms with E-state index in [1.54, 1.807) is 43.5 Å². The maximum absolute atomic E-state index is 17.1. The number of ether oxygens (including phenoxy) is 4. The third-order valence-corrected chi connectivity index (χ3v) is 15.6. The Morgan fingerprint density at radius 1 is 0.562 bits per heavy atom. The first-order valence-electron chi connectivity index (χ1n) is 21.1. The Hall–Kier alpha value is -3.92. The maximum atomic E-state index is 17.1. The van der Waals surface area contributed by atoms with Crippen molar-refractivity contribution in [1.82, 2.24) is 0 Å². The number of alkyl halides is 6. The van der Waals surface area contributed by atoms with Crippen LogP contribution in [0.25, 0.3) is 52.9 Å². The molecule has 1 aliphatic rings. The number of methoxy groups -OCH3 is 1. The Morgan fingerprint density at radius 2 is 1.12 bits per heavy atom. The molecule has 0 saturated carbocycles. The van der Waals surface area contributed by atoms with Crippen LogP contribution in [0.2, 0.25) is 0 Å². The van der Waals surface area contributed by atoms with Gasteiger partial charge in [0.1, 0.15) is 23.7 Å². The average Bonchev–Trinajstić information content (AvgIpc) is 4.04. The quantitative estimate of drug-likeness (QED) is 0.0758. The van der Waals surface area contributed by atoms with Gasteiger partial charge < -0.3 is 23.4 Å². The van der Waals surface area contributed by atoms with E-state index < -0.39 is 34.5 Å². The van der Waals surface area contributed by atoms with Crippen molar-refractivity contribution >= 4 is 56.1 Å². The first-order chi connectivity index (χ1) is 29.9. The lowest BCUT2D eigenvalue weighted by molar-refractivity contribution is -0.254. The minimum Gasteiger partial charge on any atom is -0.491 e. The molecule has 0 spiro atoms. The summed E-state index contributed by atoms with van der Waals surface area (Å²) in [6, 6.07) is 20.0. The normalized spacial score (nSPS) is 16.4. The molecule has 1 aliphatic carbocycles. The third-order valence-electron chi connectivity index (χ3n) is 11.0. The average molecular weight is 945 g/mol. The fraction of sp³-hybridized carbons (Fsp3) is 0.440. The number of allylic oxidation sites excluding steroid dienone is 2. The predicted octanol–water partition coefficient (Wildman–Crippen LogP) is 15.4. The van der Waals surface area contributed by atoms with Crippen LogP contribution in [0.5, 0.6) is 5.75 Å². The van der Waals surface area contributed by atoms with Crippen LogP contribution in [0.1, 0.15) is 88.8 Å². The molecule has 2 aromatic carbocycles. The van der Waals surface area contributed by atoms with E-state index in [-0.39, 0.29) is 74.5 Å². The second-order valence-electron chi connectivity index (χ2n) is 19.0. The maximum Gasteiger partial charge on any atom is 0.380 e. The predicted molar refractivity (Wildman–Crippen MR) is 249 cm³/mol. The number of fused-ring (bicyclic) bond motifs is 1. The summed E-state index contributed by atoms with van der Waals surface area (Å²) in [5.74, 6) is -16.6. The van der Waals surface area contributed by atoms with Crippen molar-refractivity contribution in [3.63, 3.8) is 0 Å². The van der Waals surface area contributed by atoms with Crippen LogP contribution in [-0.4, -0.2) is 64.5 Å². The molecule has 0 aliphatic heterocycles. The fourth-order valence-corrected chi connectivity index (χ4v) is 10.9. The Kier molecular flexibility index (Phi) is 13.3. The highest BCUT2D eigenvalue weighted by Crippen LogP contribution is 2.68. The molecule has 14 heteroatoms. The molecule has 5 nitrogen and oxygen atoms in total. The highest BCUT2D eigenvalue weighted by Gasteiger charge is 2.81. The number of hydrogen-bond acceptors (Lipinski definition) is 8. The van der Waals surface area contributed by atoms with Crippen LogP contribution in [0.15, 0.2) is 77.2 Å². The van der Waals surface area contributed by atoms with Crippen LogP contribution >= 0.6 is 34.0 Å². The summed E-state index contributed by atoms with van der Waals surface area (Å²) in [5, 5.41) is -0.0863. The number of furan rings is 1. The Labute approximate surface area is 383 Å². The summed E-state index contributed by atoms with van der Waals surface area (Å²) in [7, 11) is 1.57. The van der Waals surface area contributed by atoms with Gasteiger partial charge in [0, 0.05) is 64.7 Å². The van der Waals surface area contributed by atoms with Gasteiger partial charge in [-0.1, -0.05) is 86.6 Å². The summed E-state index contributed by atoms with van der Waals surface area (Å²) in [4.78, 5) is 3.81. The van der Waals surface area contributed by atoms with Gasteiger partial charge in [-0.05, 0) is 70.3 Å².